The monoisotopic (exact) mass is 310 g/mol. The lowest BCUT2D eigenvalue weighted by Crippen LogP contribution is -2.70. The van der Waals surface area contributed by atoms with Gasteiger partial charge in [-0.1, -0.05) is 6.92 Å². The Morgan fingerprint density at radius 3 is 3.09 bits per heavy atom. The standard InChI is InChI=1S/C19H22N2O2/c1-2-19-11-21-8-6-12(19)9-17(21)18(23-19)14-5-7-20-16-4-3-13(22)10-15(14)16/h3-5,7,10,12,17-18,22H,2,6,8-9,11H2,1H3/t12-,17-,18+,19+/m1/s1. The molecular weight excluding hydrogens is 288 g/mol. The van der Waals surface area contributed by atoms with Crippen LogP contribution in [0.4, 0.5) is 0 Å². The zero-order chi connectivity index (χ0) is 15.6. The number of nitrogens with zero attached hydrogens (tertiary/aromatic N) is 2. The van der Waals surface area contributed by atoms with Gasteiger partial charge in [0.2, 0.25) is 0 Å². The van der Waals surface area contributed by atoms with Gasteiger partial charge in [-0.3, -0.25) is 9.88 Å². The van der Waals surface area contributed by atoms with Crippen LogP contribution in [0.25, 0.3) is 10.9 Å². The van der Waals surface area contributed by atoms with E-state index in [1.165, 1.54) is 24.9 Å². The van der Waals surface area contributed by atoms with Crippen molar-refractivity contribution in [1.29, 1.82) is 0 Å². The lowest BCUT2D eigenvalue weighted by molar-refractivity contribution is -0.274. The van der Waals surface area contributed by atoms with E-state index in [-0.39, 0.29) is 11.7 Å². The number of fused-ring (bicyclic) bond motifs is 3. The summed E-state index contributed by atoms with van der Waals surface area (Å²) in [6, 6.07) is 7.96. The Kier molecular flexibility index (Phi) is 2.80. The minimum Gasteiger partial charge on any atom is -0.508 e. The summed E-state index contributed by atoms with van der Waals surface area (Å²) in [5.74, 6) is 1.00. The third-order valence-corrected chi connectivity index (χ3v) is 6.35. The highest BCUT2D eigenvalue weighted by Gasteiger charge is 2.58. The van der Waals surface area contributed by atoms with E-state index in [1.54, 1.807) is 6.07 Å². The molecule has 5 aliphatic rings. The molecule has 0 aliphatic carbocycles. The highest BCUT2D eigenvalue weighted by atomic mass is 16.5. The number of morpholine rings is 1. The van der Waals surface area contributed by atoms with Crippen LogP contribution in [-0.4, -0.2) is 39.7 Å². The Hall–Kier alpha value is -1.65. The molecule has 0 saturated carbocycles. The molecule has 4 nitrogen and oxygen atoms in total. The Balaban J connectivity index is 1.64. The van der Waals surface area contributed by atoms with Crippen molar-refractivity contribution in [2.45, 2.75) is 43.9 Å². The van der Waals surface area contributed by atoms with Gasteiger partial charge in [0.05, 0.1) is 17.2 Å². The number of phenols is 1. The molecule has 4 bridgehead atoms. The minimum absolute atomic E-state index is 0.0179. The van der Waals surface area contributed by atoms with Crippen molar-refractivity contribution in [1.82, 2.24) is 9.88 Å². The smallest absolute Gasteiger partial charge is 0.116 e. The van der Waals surface area contributed by atoms with Crippen LogP contribution in [0.3, 0.4) is 0 Å². The minimum atomic E-state index is 0.0179. The second kappa shape index (κ2) is 4.68. The van der Waals surface area contributed by atoms with Crippen LogP contribution in [-0.2, 0) is 4.74 Å². The Bertz CT molecular complexity index is 777. The number of ether oxygens (including phenoxy) is 1. The summed E-state index contributed by atoms with van der Waals surface area (Å²) in [4.78, 5) is 7.08. The van der Waals surface area contributed by atoms with Crippen LogP contribution in [0.1, 0.15) is 37.9 Å². The van der Waals surface area contributed by atoms with Gasteiger partial charge in [0.15, 0.2) is 0 Å². The van der Waals surface area contributed by atoms with Gasteiger partial charge in [-0.25, -0.2) is 0 Å². The lowest BCUT2D eigenvalue weighted by atomic mass is 9.66. The molecule has 120 valence electrons. The molecule has 4 heteroatoms. The molecule has 7 rings (SSSR count). The van der Waals surface area contributed by atoms with Crippen molar-refractivity contribution in [2.24, 2.45) is 5.92 Å². The fourth-order valence-electron chi connectivity index (χ4n) is 5.13. The van der Waals surface area contributed by atoms with Gasteiger partial charge >= 0.3 is 0 Å². The van der Waals surface area contributed by atoms with Gasteiger partial charge in [0, 0.05) is 24.2 Å². The fraction of sp³-hybridized carbons (Fsp3) is 0.526. The number of aromatic hydroxyl groups is 1. The summed E-state index contributed by atoms with van der Waals surface area (Å²) in [7, 11) is 0. The molecule has 2 aromatic rings. The van der Waals surface area contributed by atoms with Crippen LogP contribution in [0, 0.1) is 5.92 Å². The van der Waals surface area contributed by atoms with Crippen LogP contribution in [0.5, 0.6) is 5.75 Å². The first-order valence-electron chi connectivity index (χ1n) is 8.70. The molecule has 0 spiro atoms. The number of hydrogen-bond donors (Lipinski definition) is 1. The highest BCUT2D eigenvalue weighted by Crippen LogP contribution is 2.54. The molecule has 1 unspecified atom stereocenters. The predicted octanol–water partition coefficient (Wildman–Crippen LogP) is 3.25. The number of aromatic nitrogens is 1. The summed E-state index contributed by atoms with van der Waals surface area (Å²) in [6.45, 7) is 4.55. The van der Waals surface area contributed by atoms with Crippen molar-refractivity contribution in [3.63, 3.8) is 0 Å². The third kappa shape index (κ3) is 1.82. The molecule has 1 N–H and O–H groups in total. The summed E-state index contributed by atoms with van der Waals surface area (Å²) < 4.78 is 6.74. The number of rotatable bonds is 2. The molecular formula is C19H22N2O2. The molecule has 5 aliphatic heterocycles. The number of benzene rings is 1. The average molecular weight is 310 g/mol. The molecule has 5 atom stereocenters. The summed E-state index contributed by atoms with van der Waals surface area (Å²) in [6.07, 6.45) is 5.54. The normalized spacial score (nSPS) is 38.3. The van der Waals surface area contributed by atoms with E-state index in [9.17, 15) is 5.11 Å². The van der Waals surface area contributed by atoms with Crippen LogP contribution in [0.15, 0.2) is 30.5 Å². The van der Waals surface area contributed by atoms with E-state index >= 15 is 0 Å². The Labute approximate surface area is 136 Å². The van der Waals surface area contributed by atoms with E-state index in [4.69, 9.17) is 4.74 Å². The molecule has 23 heavy (non-hydrogen) atoms. The molecule has 5 saturated heterocycles. The second-order valence-electron chi connectivity index (χ2n) is 7.32. The van der Waals surface area contributed by atoms with Crippen molar-refractivity contribution in [3.8, 4) is 5.75 Å². The van der Waals surface area contributed by atoms with Gasteiger partial charge in [-0.15, -0.1) is 0 Å². The zero-order valence-corrected chi connectivity index (χ0v) is 13.4. The van der Waals surface area contributed by atoms with Gasteiger partial charge < -0.3 is 9.84 Å². The largest absolute Gasteiger partial charge is 0.508 e. The van der Waals surface area contributed by atoms with Crippen molar-refractivity contribution >= 4 is 10.9 Å². The first-order chi connectivity index (χ1) is 11.2. The van der Waals surface area contributed by atoms with Crippen molar-refractivity contribution in [2.75, 3.05) is 13.1 Å². The van der Waals surface area contributed by atoms with Crippen LogP contribution in [0.2, 0.25) is 0 Å². The SMILES string of the molecule is CC[C@]12CN3CC[C@@H]1C[C@@H]3[C@H](c1ccnc3ccc(O)cc13)O2. The number of hydrogen-bond acceptors (Lipinski definition) is 4. The van der Waals surface area contributed by atoms with E-state index in [0.29, 0.717) is 17.7 Å². The van der Waals surface area contributed by atoms with Crippen LogP contribution >= 0.6 is 0 Å². The number of pyridine rings is 1. The zero-order valence-electron chi connectivity index (χ0n) is 13.4. The Morgan fingerprint density at radius 1 is 1.39 bits per heavy atom. The van der Waals surface area contributed by atoms with Crippen molar-refractivity contribution < 1.29 is 9.84 Å². The first-order valence-corrected chi connectivity index (χ1v) is 8.70. The highest BCUT2D eigenvalue weighted by molar-refractivity contribution is 5.83. The Morgan fingerprint density at radius 2 is 2.30 bits per heavy atom. The summed E-state index contributed by atoms with van der Waals surface area (Å²) in [5.41, 5.74) is 2.12. The maximum Gasteiger partial charge on any atom is 0.116 e. The van der Waals surface area contributed by atoms with E-state index < -0.39 is 0 Å². The van der Waals surface area contributed by atoms with Crippen LogP contribution < -0.4 is 0 Å². The van der Waals surface area contributed by atoms with E-state index in [1.807, 2.05) is 18.3 Å². The molecule has 1 aromatic heterocycles. The summed E-state index contributed by atoms with van der Waals surface area (Å²) >= 11 is 0. The second-order valence-corrected chi connectivity index (χ2v) is 7.32. The van der Waals surface area contributed by atoms with Gasteiger partial charge in [0.25, 0.3) is 0 Å². The molecule has 6 heterocycles. The predicted molar refractivity (Wildman–Crippen MR) is 88.3 cm³/mol. The first kappa shape index (κ1) is 13.8. The average Bonchev–Trinajstić information content (AvgIpc) is 2.61. The molecule has 0 amide bonds. The van der Waals surface area contributed by atoms with E-state index in [2.05, 4.69) is 22.9 Å². The molecule has 1 aromatic carbocycles. The maximum atomic E-state index is 9.91. The van der Waals surface area contributed by atoms with Gasteiger partial charge in [-0.05, 0) is 61.6 Å². The summed E-state index contributed by atoms with van der Waals surface area (Å²) in [5, 5.41) is 10.9. The maximum absolute atomic E-state index is 9.91. The lowest BCUT2D eigenvalue weighted by Gasteiger charge is -2.64. The number of phenolic OH excluding ortho intramolecular Hbond substituents is 1. The number of piperidine rings is 3. The quantitative estimate of drug-likeness (QED) is 0.925. The third-order valence-electron chi connectivity index (χ3n) is 6.35. The molecule has 0 radical (unpaired) electrons. The molecule has 5 fully saturated rings. The fourth-order valence-corrected chi connectivity index (χ4v) is 5.13. The van der Waals surface area contributed by atoms with E-state index in [0.717, 1.165) is 23.9 Å². The van der Waals surface area contributed by atoms with Crippen molar-refractivity contribution in [3.05, 3.63) is 36.0 Å². The van der Waals surface area contributed by atoms with Gasteiger partial charge in [-0.2, -0.15) is 0 Å². The topological polar surface area (TPSA) is 45.6 Å². The van der Waals surface area contributed by atoms with Gasteiger partial charge in [0.1, 0.15) is 5.75 Å².